The van der Waals surface area contributed by atoms with Crippen molar-refractivity contribution in [2.75, 3.05) is 33.2 Å². The lowest BCUT2D eigenvalue weighted by molar-refractivity contribution is 0.0489. The molecule has 0 saturated carbocycles. The summed E-state index contributed by atoms with van der Waals surface area (Å²) >= 11 is 0. The van der Waals surface area contributed by atoms with E-state index in [4.69, 9.17) is 4.74 Å². The third-order valence-corrected chi connectivity index (χ3v) is 4.14. The predicted molar refractivity (Wildman–Crippen MR) is 91.1 cm³/mol. The van der Waals surface area contributed by atoms with E-state index in [2.05, 4.69) is 36.4 Å². The number of nitrogens with one attached hydrogen (secondary N) is 2. The molecule has 1 heterocycles. The maximum Gasteiger partial charge on any atom is 0.407 e. The molecule has 5 nitrogen and oxygen atoms in total. The van der Waals surface area contributed by atoms with E-state index in [0.29, 0.717) is 5.92 Å². The van der Waals surface area contributed by atoms with E-state index in [1.54, 1.807) is 0 Å². The molecule has 0 aromatic rings. The quantitative estimate of drug-likeness (QED) is 0.791. The molecule has 1 aliphatic heterocycles. The number of carbonyl (C=O) groups is 1. The number of hydrogen-bond acceptors (Lipinski definition) is 4. The first kappa shape index (κ1) is 19.2. The van der Waals surface area contributed by atoms with Crippen LogP contribution in [0.25, 0.3) is 0 Å². The normalized spacial score (nSPS) is 19.2. The number of ether oxygens (including phenoxy) is 1. The number of likely N-dealkylation sites (tertiary alicyclic amines) is 1. The van der Waals surface area contributed by atoms with Crippen LogP contribution in [0.1, 0.15) is 47.5 Å². The molecular weight excluding hydrogens is 278 g/mol. The van der Waals surface area contributed by atoms with Crippen LogP contribution in [0.3, 0.4) is 0 Å². The molecule has 0 aromatic carbocycles. The monoisotopic (exact) mass is 313 g/mol. The Morgan fingerprint density at radius 2 is 1.86 bits per heavy atom. The van der Waals surface area contributed by atoms with Gasteiger partial charge in [-0.1, -0.05) is 13.8 Å². The van der Waals surface area contributed by atoms with Gasteiger partial charge in [0.05, 0.1) is 0 Å². The summed E-state index contributed by atoms with van der Waals surface area (Å²) in [6.07, 6.45) is 2.19. The summed E-state index contributed by atoms with van der Waals surface area (Å²) < 4.78 is 5.34. The first-order chi connectivity index (χ1) is 10.2. The van der Waals surface area contributed by atoms with Crippen molar-refractivity contribution in [1.29, 1.82) is 0 Å². The Labute approximate surface area is 136 Å². The molecule has 2 N–H and O–H groups in total. The summed E-state index contributed by atoms with van der Waals surface area (Å²) in [7, 11) is 2.18. The molecule has 0 radical (unpaired) electrons. The van der Waals surface area contributed by atoms with Gasteiger partial charge in [-0.25, -0.2) is 4.79 Å². The van der Waals surface area contributed by atoms with Crippen LogP contribution in [0, 0.1) is 11.8 Å². The average Bonchev–Trinajstić information content (AvgIpc) is 2.37. The zero-order valence-electron chi connectivity index (χ0n) is 15.2. The van der Waals surface area contributed by atoms with E-state index in [1.165, 1.54) is 25.9 Å². The Morgan fingerprint density at radius 1 is 1.27 bits per heavy atom. The van der Waals surface area contributed by atoms with Gasteiger partial charge in [-0.15, -0.1) is 0 Å². The molecule has 1 atom stereocenters. The standard InChI is InChI=1S/C17H35N3O2/c1-13(2)15(19-16(21)22-17(3,4)5)12-18-11-14-7-9-20(6)10-8-14/h13-15,18H,7-12H2,1-6H3,(H,19,21). The first-order valence-corrected chi connectivity index (χ1v) is 8.56. The van der Waals surface area contributed by atoms with E-state index in [-0.39, 0.29) is 12.1 Å². The average molecular weight is 313 g/mol. The summed E-state index contributed by atoms with van der Waals surface area (Å²) in [5.41, 5.74) is -0.451. The van der Waals surface area contributed by atoms with Crippen molar-refractivity contribution in [3.8, 4) is 0 Å². The van der Waals surface area contributed by atoms with Gasteiger partial charge in [0.15, 0.2) is 0 Å². The molecular formula is C17H35N3O2. The number of carbonyl (C=O) groups excluding carboxylic acids is 1. The van der Waals surface area contributed by atoms with Crippen molar-refractivity contribution in [3.63, 3.8) is 0 Å². The molecule has 0 bridgehead atoms. The van der Waals surface area contributed by atoms with Gasteiger partial charge < -0.3 is 20.3 Å². The van der Waals surface area contributed by atoms with Gasteiger partial charge in [0, 0.05) is 12.6 Å². The lowest BCUT2D eigenvalue weighted by atomic mass is 9.97. The number of hydrogen-bond donors (Lipinski definition) is 2. The van der Waals surface area contributed by atoms with Crippen LogP contribution >= 0.6 is 0 Å². The molecule has 5 heteroatoms. The van der Waals surface area contributed by atoms with E-state index in [1.807, 2.05) is 20.8 Å². The van der Waals surface area contributed by atoms with E-state index < -0.39 is 5.60 Å². The van der Waals surface area contributed by atoms with Gasteiger partial charge in [-0.2, -0.15) is 0 Å². The van der Waals surface area contributed by atoms with Gasteiger partial charge in [-0.05, 0) is 72.1 Å². The highest BCUT2D eigenvalue weighted by molar-refractivity contribution is 5.68. The SMILES string of the molecule is CC(C)C(CNCC1CCN(C)CC1)NC(=O)OC(C)(C)C. The summed E-state index contributed by atoms with van der Waals surface area (Å²) in [6, 6.07) is 0.0983. The van der Waals surface area contributed by atoms with Gasteiger partial charge in [-0.3, -0.25) is 0 Å². The zero-order valence-corrected chi connectivity index (χ0v) is 15.2. The maximum atomic E-state index is 11.9. The molecule has 1 amide bonds. The first-order valence-electron chi connectivity index (χ1n) is 8.56. The van der Waals surface area contributed by atoms with Crippen LogP contribution in [0.2, 0.25) is 0 Å². The van der Waals surface area contributed by atoms with E-state index in [0.717, 1.165) is 19.0 Å². The number of rotatable bonds is 6. The molecule has 1 unspecified atom stereocenters. The van der Waals surface area contributed by atoms with E-state index in [9.17, 15) is 4.79 Å². The molecule has 1 saturated heterocycles. The highest BCUT2D eigenvalue weighted by atomic mass is 16.6. The molecule has 1 fully saturated rings. The fourth-order valence-corrected chi connectivity index (χ4v) is 2.62. The summed E-state index contributed by atoms with van der Waals surface area (Å²) in [6.45, 7) is 14.1. The minimum atomic E-state index is -0.451. The van der Waals surface area contributed by atoms with Gasteiger partial charge in [0.1, 0.15) is 5.60 Å². The van der Waals surface area contributed by atoms with E-state index >= 15 is 0 Å². The Bertz CT molecular complexity index is 331. The fraction of sp³-hybridized carbons (Fsp3) is 0.941. The van der Waals surface area contributed by atoms with Crippen LogP contribution in [0.15, 0.2) is 0 Å². The molecule has 1 aliphatic rings. The summed E-state index contributed by atoms with van der Waals surface area (Å²) in [5, 5.41) is 6.52. The lowest BCUT2D eigenvalue weighted by Gasteiger charge is -2.30. The molecule has 0 aromatic heterocycles. The lowest BCUT2D eigenvalue weighted by Crippen LogP contribution is -2.48. The van der Waals surface area contributed by atoms with Gasteiger partial charge in [0.2, 0.25) is 0 Å². The highest BCUT2D eigenvalue weighted by Crippen LogP contribution is 2.15. The Hall–Kier alpha value is -0.810. The van der Waals surface area contributed by atoms with Crippen LogP contribution < -0.4 is 10.6 Å². The second-order valence-corrected chi connectivity index (χ2v) is 7.90. The molecule has 0 spiro atoms. The topological polar surface area (TPSA) is 53.6 Å². The largest absolute Gasteiger partial charge is 0.444 e. The van der Waals surface area contributed by atoms with Crippen molar-refractivity contribution < 1.29 is 9.53 Å². The predicted octanol–water partition coefficient (Wildman–Crippen LogP) is 2.47. The zero-order chi connectivity index (χ0) is 16.8. The third kappa shape index (κ3) is 7.99. The van der Waals surface area contributed by atoms with Gasteiger partial charge in [0.25, 0.3) is 0 Å². The number of nitrogens with zero attached hydrogens (tertiary/aromatic N) is 1. The third-order valence-electron chi connectivity index (χ3n) is 4.14. The van der Waals surface area contributed by atoms with Crippen LogP contribution in [-0.4, -0.2) is 55.9 Å². The van der Waals surface area contributed by atoms with Crippen LogP contribution in [0.5, 0.6) is 0 Å². The fourth-order valence-electron chi connectivity index (χ4n) is 2.62. The summed E-state index contributed by atoms with van der Waals surface area (Å²) in [5.74, 6) is 1.13. The maximum absolute atomic E-state index is 11.9. The van der Waals surface area contributed by atoms with Crippen LogP contribution in [-0.2, 0) is 4.74 Å². The number of alkyl carbamates (subject to hydrolysis) is 1. The van der Waals surface area contributed by atoms with Crippen molar-refractivity contribution in [2.24, 2.45) is 11.8 Å². The second kappa shape index (κ2) is 8.73. The minimum absolute atomic E-state index is 0.0983. The smallest absolute Gasteiger partial charge is 0.407 e. The number of piperidine rings is 1. The molecule has 130 valence electrons. The molecule has 0 aliphatic carbocycles. The van der Waals surface area contributed by atoms with Crippen molar-refractivity contribution >= 4 is 6.09 Å². The number of amides is 1. The second-order valence-electron chi connectivity index (χ2n) is 7.90. The Balaban J connectivity index is 2.30. The Kier molecular flexibility index (Phi) is 7.63. The van der Waals surface area contributed by atoms with Crippen LogP contribution in [0.4, 0.5) is 4.79 Å². The Morgan fingerprint density at radius 3 is 2.36 bits per heavy atom. The molecule has 22 heavy (non-hydrogen) atoms. The summed E-state index contributed by atoms with van der Waals surface area (Å²) in [4.78, 5) is 14.3. The van der Waals surface area contributed by atoms with Crippen molar-refractivity contribution in [1.82, 2.24) is 15.5 Å². The van der Waals surface area contributed by atoms with Crippen molar-refractivity contribution in [3.05, 3.63) is 0 Å². The van der Waals surface area contributed by atoms with Crippen molar-refractivity contribution in [2.45, 2.75) is 59.1 Å². The molecule has 1 rings (SSSR count). The highest BCUT2D eigenvalue weighted by Gasteiger charge is 2.22. The van der Waals surface area contributed by atoms with Gasteiger partial charge >= 0.3 is 6.09 Å². The minimum Gasteiger partial charge on any atom is -0.444 e.